The Morgan fingerprint density at radius 3 is 2.33 bits per heavy atom. The molecule has 1 fully saturated rings. The minimum atomic E-state index is -4.25. The van der Waals surface area contributed by atoms with Crippen molar-refractivity contribution in [3.05, 3.63) is 16.3 Å². The van der Waals surface area contributed by atoms with Gasteiger partial charge in [0.2, 0.25) is 0 Å². The van der Waals surface area contributed by atoms with E-state index in [0.717, 1.165) is 12.8 Å². The third-order valence-corrected chi connectivity index (χ3v) is 3.41. The molecule has 1 saturated carbocycles. The normalized spacial score (nSPS) is 15.9. The maximum absolute atomic E-state index is 12.6. The molecule has 0 amide bonds. The number of halogens is 4. The van der Waals surface area contributed by atoms with Crippen molar-refractivity contribution in [1.29, 1.82) is 0 Å². The molecule has 0 spiro atoms. The van der Waals surface area contributed by atoms with E-state index in [2.05, 4.69) is 10.2 Å². The summed E-state index contributed by atoms with van der Waals surface area (Å²) in [5.74, 6) is 0.289. The van der Waals surface area contributed by atoms with Gasteiger partial charge in [-0.1, -0.05) is 11.6 Å². The van der Waals surface area contributed by atoms with E-state index in [4.69, 9.17) is 11.6 Å². The fraction of sp³-hybridized carbons (Fsp3) is 0.636. The zero-order valence-corrected chi connectivity index (χ0v) is 10.8. The lowest BCUT2D eigenvalue weighted by Crippen LogP contribution is -2.37. The van der Waals surface area contributed by atoms with Crippen LogP contribution in [0.15, 0.2) is 0 Å². The summed E-state index contributed by atoms with van der Waals surface area (Å²) in [4.78, 5) is 1.28. The van der Waals surface area contributed by atoms with Gasteiger partial charge in [0, 0.05) is 6.04 Å². The summed E-state index contributed by atoms with van der Waals surface area (Å²) in [6.07, 6.45) is -2.72. The minimum Gasteiger partial charge on any atom is -0.343 e. The SMILES string of the molecule is Cc1c(Cl)nnc(N(CC(F)(F)F)C2CC2)c1C. The Hall–Kier alpha value is -1.04. The van der Waals surface area contributed by atoms with E-state index in [9.17, 15) is 13.2 Å². The van der Waals surface area contributed by atoms with Crippen molar-refractivity contribution in [2.45, 2.75) is 38.9 Å². The summed E-state index contributed by atoms with van der Waals surface area (Å²) in [5.41, 5.74) is 1.33. The van der Waals surface area contributed by atoms with Crippen LogP contribution in [0, 0.1) is 13.8 Å². The maximum atomic E-state index is 12.6. The van der Waals surface area contributed by atoms with Crippen molar-refractivity contribution in [2.75, 3.05) is 11.4 Å². The summed E-state index contributed by atoms with van der Waals surface area (Å²) in [6.45, 7) is 2.46. The molecule has 7 heteroatoms. The van der Waals surface area contributed by atoms with Crippen molar-refractivity contribution < 1.29 is 13.2 Å². The van der Waals surface area contributed by atoms with Gasteiger partial charge in [-0.05, 0) is 37.8 Å². The average Bonchev–Trinajstić information content (AvgIpc) is 3.06. The van der Waals surface area contributed by atoms with Gasteiger partial charge in [-0.2, -0.15) is 13.2 Å². The van der Waals surface area contributed by atoms with Crippen LogP contribution in [0.3, 0.4) is 0 Å². The van der Waals surface area contributed by atoms with Gasteiger partial charge in [0.25, 0.3) is 0 Å². The van der Waals surface area contributed by atoms with Crippen molar-refractivity contribution in [3.63, 3.8) is 0 Å². The molecule has 1 aliphatic rings. The number of rotatable bonds is 3. The van der Waals surface area contributed by atoms with Crippen molar-refractivity contribution in [3.8, 4) is 0 Å². The van der Waals surface area contributed by atoms with Gasteiger partial charge in [0.1, 0.15) is 6.54 Å². The highest BCUT2D eigenvalue weighted by Crippen LogP contribution is 2.35. The standard InChI is InChI=1S/C11H13ClF3N3/c1-6-7(2)10(17-16-9(6)12)18(8-3-4-8)5-11(13,14)15/h8H,3-5H2,1-2H3. The molecule has 0 unspecified atom stereocenters. The molecule has 18 heavy (non-hydrogen) atoms. The van der Waals surface area contributed by atoms with Gasteiger partial charge >= 0.3 is 6.18 Å². The van der Waals surface area contributed by atoms with Gasteiger partial charge < -0.3 is 4.90 Å². The Morgan fingerprint density at radius 2 is 1.83 bits per heavy atom. The van der Waals surface area contributed by atoms with Crippen LogP contribution in [0.25, 0.3) is 0 Å². The van der Waals surface area contributed by atoms with E-state index in [1.807, 2.05) is 0 Å². The van der Waals surface area contributed by atoms with E-state index in [0.29, 0.717) is 11.1 Å². The van der Waals surface area contributed by atoms with Gasteiger partial charge in [0.05, 0.1) is 0 Å². The maximum Gasteiger partial charge on any atom is 0.405 e. The zero-order chi connectivity index (χ0) is 13.5. The van der Waals surface area contributed by atoms with Crippen LogP contribution in [0.4, 0.5) is 19.0 Å². The number of alkyl halides is 3. The van der Waals surface area contributed by atoms with Gasteiger partial charge in [-0.25, -0.2) is 0 Å². The van der Waals surface area contributed by atoms with Crippen LogP contribution < -0.4 is 4.90 Å². The highest BCUT2D eigenvalue weighted by molar-refractivity contribution is 6.30. The number of nitrogens with zero attached hydrogens (tertiary/aromatic N) is 3. The fourth-order valence-electron chi connectivity index (χ4n) is 1.79. The third-order valence-electron chi connectivity index (χ3n) is 3.05. The Labute approximate surface area is 108 Å². The zero-order valence-electron chi connectivity index (χ0n) is 10.1. The topological polar surface area (TPSA) is 29.0 Å². The van der Waals surface area contributed by atoms with E-state index >= 15 is 0 Å². The molecule has 2 rings (SSSR count). The smallest absolute Gasteiger partial charge is 0.343 e. The lowest BCUT2D eigenvalue weighted by molar-refractivity contribution is -0.120. The summed E-state index contributed by atoms with van der Waals surface area (Å²) >= 11 is 5.80. The molecule has 3 nitrogen and oxygen atoms in total. The molecule has 0 aliphatic heterocycles. The first-order chi connectivity index (χ1) is 8.29. The van der Waals surface area contributed by atoms with E-state index in [1.165, 1.54) is 4.90 Å². The first-order valence-electron chi connectivity index (χ1n) is 5.62. The molecular formula is C11H13ClF3N3. The number of anilines is 1. The quantitative estimate of drug-likeness (QED) is 0.850. The van der Waals surface area contributed by atoms with E-state index in [1.54, 1.807) is 13.8 Å². The van der Waals surface area contributed by atoms with Gasteiger partial charge in [-0.3, -0.25) is 0 Å². The van der Waals surface area contributed by atoms with Crippen molar-refractivity contribution in [2.24, 2.45) is 0 Å². The molecular weight excluding hydrogens is 267 g/mol. The number of hydrogen-bond donors (Lipinski definition) is 0. The molecule has 100 valence electrons. The predicted octanol–water partition coefficient (Wildman–Crippen LogP) is 3.28. The van der Waals surface area contributed by atoms with Crippen molar-refractivity contribution in [1.82, 2.24) is 10.2 Å². The van der Waals surface area contributed by atoms with Crippen LogP contribution >= 0.6 is 11.6 Å². The molecule has 0 aromatic carbocycles. The molecule has 1 heterocycles. The van der Waals surface area contributed by atoms with Crippen LogP contribution in [0.1, 0.15) is 24.0 Å². The molecule has 0 saturated heterocycles. The largest absolute Gasteiger partial charge is 0.405 e. The number of hydrogen-bond acceptors (Lipinski definition) is 3. The number of aromatic nitrogens is 2. The molecule has 1 aliphatic carbocycles. The highest BCUT2D eigenvalue weighted by Gasteiger charge is 2.39. The van der Waals surface area contributed by atoms with Gasteiger partial charge in [0.15, 0.2) is 11.0 Å². The lowest BCUT2D eigenvalue weighted by atomic mass is 10.2. The molecule has 1 aromatic rings. The van der Waals surface area contributed by atoms with Crippen LogP contribution in [0.5, 0.6) is 0 Å². The summed E-state index contributed by atoms with van der Waals surface area (Å²) in [7, 11) is 0. The monoisotopic (exact) mass is 279 g/mol. The Bertz CT molecular complexity index is 458. The van der Waals surface area contributed by atoms with Crippen LogP contribution in [-0.2, 0) is 0 Å². The molecule has 0 radical (unpaired) electrons. The summed E-state index contributed by atoms with van der Waals surface area (Å²) < 4.78 is 37.7. The summed E-state index contributed by atoms with van der Waals surface area (Å²) in [5, 5.41) is 7.77. The van der Waals surface area contributed by atoms with E-state index in [-0.39, 0.29) is 17.0 Å². The first kappa shape index (κ1) is 13.4. The minimum absolute atomic E-state index is 0.0831. The third kappa shape index (κ3) is 2.85. The molecule has 0 N–H and O–H groups in total. The molecule has 0 atom stereocenters. The summed E-state index contributed by atoms with van der Waals surface area (Å²) in [6, 6.07) is -0.0831. The lowest BCUT2D eigenvalue weighted by Gasteiger charge is -2.26. The Balaban J connectivity index is 2.34. The average molecular weight is 280 g/mol. The predicted molar refractivity (Wildman–Crippen MR) is 62.9 cm³/mol. The van der Waals surface area contributed by atoms with E-state index < -0.39 is 12.7 Å². The first-order valence-corrected chi connectivity index (χ1v) is 6.00. The fourth-order valence-corrected chi connectivity index (χ4v) is 1.97. The Kier molecular flexibility index (Phi) is 3.40. The Morgan fingerprint density at radius 1 is 1.22 bits per heavy atom. The van der Waals surface area contributed by atoms with Crippen molar-refractivity contribution >= 4 is 17.4 Å². The second-order valence-corrected chi connectivity index (χ2v) is 4.90. The van der Waals surface area contributed by atoms with Gasteiger partial charge in [-0.15, -0.1) is 10.2 Å². The van der Waals surface area contributed by atoms with Crippen LogP contribution in [0.2, 0.25) is 5.15 Å². The molecule has 1 aromatic heterocycles. The van der Waals surface area contributed by atoms with Crippen LogP contribution in [-0.4, -0.2) is 29.0 Å². The second-order valence-electron chi connectivity index (χ2n) is 4.54. The highest BCUT2D eigenvalue weighted by atomic mass is 35.5. The second kappa shape index (κ2) is 4.57. The molecule has 0 bridgehead atoms.